The van der Waals surface area contributed by atoms with Crippen LogP contribution in [0, 0.1) is 0 Å². The summed E-state index contributed by atoms with van der Waals surface area (Å²) in [4.78, 5) is 72.5. The number of nitrogen functional groups attached to an aromatic ring is 3. The van der Waals surface area contributed by atoms with Crippen molar-refractivity contribution >= 4 is 205 Å². The number of aliphatic carboxylic acids is 2. The van der Waals surface area contributed by atoms with Gasteiger partial charge in [0.1, 0.15) is 47.1 Å². The summed E-state index contributed by atoms with van der Waals surface area (Å²) in [5, 5.41) is 29.6. The number of carboxylic acid groups (broad SMARTS) is 2. The van der Waals surface area contributed by atoms with Gasteiger partial charge in [-0.05, 0) is 69.7 Å². The molecular weight excluding hydrogens is 1140 g/mol. The summed E-state index contributed by atoms with van der Waals surface area (Å²) < 4.78 is 6.70. The molecular formula is C40H34Cl2N12O8S9. The van der Waals surface area contributed by atoms with Crippen LogP contribution >= 0.6 is 125 Å². The Morgan fingerprint density at radius 1 is 0.549 bits per heavy atom. The molecule has 0 aliphatic carbocycles. The van der Waals surface area contributed by atoms with Crippen LogP contribution in [0.3, 0.4) is 0 Å². The summed E-state index contributed by atoms with van der Waals surface area (Å²) in [6.45, 7) is 0. The lowest BCUT2D eigenvalue weighted by Crippen LogP contribution is -2.15. The fourth-order valence-corrected chi connectivity index (χ4v) is 13.8. The van der Waals surface area contributed by atoms with E-state index in [4.69, 9.17) is 55.5 Å². The van der Waals surface area contributed by atoms with E-state index in [0.29, 0.717) is 9.47 Å². The SMILES string of the molecule is C.CO/N=C(/C(=O)O)c1csc(N)n1.CO/N=C(/C(=O)O)c1nc(N)sc1Cl.CO/N=C(/C(=O)Sc1nc2ccccc2s1)c1nc(N)sc1Cl.c1ccc2sc(SSc3nc4ccccc4s3)nc2c1. The van der Waals surface area contributed by atoms with Gasteiger partial charge in [0.05, 0.1) is 30.6 Å². The fourth-order valence-electron chi connectivity index (χ4n) is 5.02. The lowest BCUT2D eigenvalue weighted by atomic mass is 10.3. The maximum absolute atomic E-state index is 12.5. The minimum Gasteiger partial charge on any atom is -0.476 e. The van der Waals surface area contributed by atoms with Crippen molar-refractivity contribution in [2.45, 2.75) is 20.4 Å². The normalized spacial score (nSPS) is 11.4. The topological polar surface area (TPSA) is 312 Å². The van der Waals surface area contributed by atoms with E-state index in [-0.39, 0.29) is 65.7 Å². The van der Waals surface area contributed by atoms with Crippen LogP contribution in [0.1, 0.15) is 24.5 Å². The molecule has 0 bridgehead atoms. The zero-order valence-electron chi connectivity index (χ0n) is 35.5. The molecule has 0 saturated heterocycles. The molecule has 71 heavy (non-hydrogen) atoms. The van der Waals surface area contributed by atoms with Gasteiger partial charge in [-0.1, -0.05) is 105 Å². The van der Waals surface area contributed by atoms with Crippen molar-refractivity contribution in [3.8, 4) is 0 Å². The van der Waals surface area contributed by atoms with Gasteiger partial charge < -0.3 is 41.9 Å². The van der Waals surface area contributed by atoms with Gasteiger partial charge in [0.15, 0.2) is 34.1 Å². The number of thioether (sulfide) groups is 1. The highest BCUT2D eigenvalue weighted by Crippen LogP contribution is 2.43. The van der Waals surface area contributed by atoms with Gasteiger partial charge in [0, 0.05) is 5.38 Å². The molecule has 6 heterocycles. The highest BCUT2D eigenvalue weighted by molar-refractivity contribution is 8.77. The predicted molar refractivity (Wildman–Crippen MR) is 294 cm³/mol. The molecule has 6 aromatic heterocycles. The molecule has 0 radical (unpaired) electrons. The summed E-state index contributed by atoms with van der Waals surface area (Å²) in [7, 11) is 7.21. The van der Waals surface area contributed by atoms with Crippen molar-refractivity contribution < 1.29 is 39.1 Å². The first-order chi connectivity index (χ1) is 33.7. The van der Waals surface area contributed by atoms with Crippen molar-refractivity contribution in [3.63, 3.8) is 0 Å². The number of para-hydroxylation sites is 3. The number of benzene rings is 3. The molecule has 20 nitrogen and oxygen atoms in total. The summed E-state index contributed by atoms with van der Waals surface area (Å²) in [6, 6.07) is 24.1. The van der Waals surface area contributed by atoms with E-state index in [2.05, 4.69) is 91.4 Å². The number of carbonyl (C=O) groups excluding carboxylic acids is 1. The zero-order chi connectivity index (χ0) is 50.3. The second-order valence-electron chi connectivity index (χ2n) is 12.3. The van der Waals surface area contributed by atoms with Crippen LogP contribution in [-0.4, -0.2) is 95.6 Å². The Morgan fingerprint density at radius 2 is 0.944 bits per heavy atom. The molecule has 0 spiro atoms. The monoisotopic (exact) mass is 1170 g/mol. The summed E-state index contributed by atoms with van der Waals surface area (Å²) in [6.07, 6.45) is 0. The van der Waals surface area contributed by atoms with Crippen LogP contribution in [0.25, 0.3) is 30.6 Å². The van der Waals surface area contributed by atoms with E-state index in [1.807, 2.05) is 36.4 Å². The number of thiazole rings is 6. The average Bonchev–Trinajstić information content (AvgIpc) is 4.20. The van der Waals surface area contributed by atoms with E-state index in [1.165, 1.54) is 47.4 Å². The quantitative estimate of drug-likeness (QED) is 0.0310. The lowest BCUT2D eigenvalue weighted by molar-refractivity contribution is -0.130. The highest BCUT2D eigenvalue weighted by atomic mass is 35.5. The first-order valence-electron chi connectivity index (χ1n) is 18.7. The molecule has 31 heteroatoms. The van der Waals surface area contributed by atoms with Gasteiger partial charge in [-0.2, -0.15) is 0 Å². The number of aromatic nitrogens is 6. The Kier molecular flexibility index (Phi) is 21.5. The number of carboxylic acids is 2. The second-order valence-corrected chi connectivity index (χ2v) is 23.4. The zero-order valence-corrected chi connectivity index (χ0v) is 44.4. The van der Waals surface area contributed by atoms with Crippen molar-refractivity contribution in [3.05, 3.63) is 104 Å². The molecule has 0 amide bonds. The van der Waals surface area contributed by atoms with Crippen LogP contribution in [0.5, 0.6) is 0 Å². The Balaban J connectivity index is 0.000000180. The molecule has 0 aliphatic heterocycles. The number of oxime groups is 3. The molecule has 0 unspecified atom stereocenters. The molecule has 370 valence electrons. The number of nitrogens with zero attached hydrogens (tertiary/aromatic N) is 9. The maximum atomic E-state index is 12.5. The Morgan fingerprint density at radius 3 is 1.32 bits per heavy atom. The lowest BCUT2D eigenvalue weighted by Gasteiger charge is -2.00. The van der Waals surface area contributed by atoms with E-state index < -0.39 is 11.9 Å². The van der Waals surface area contributed by atoms with E-state index in [1.54, 1.807) is 44.3 Å². The first-order valence-corrected chi connectivity index (χ1v) is 27.3. The van der Waals surface area contributed by atoms with Crippen molar-refractivity contribution in [2.24, 2.45) is 15.5 Å². The molecule has 9 aromatic rings. The number of halogens is 2. The number of hydrogen-bond acceptors (Lipinski definition) is 27. The Hall–Kier alpha value is -5.73. The largest absolute Gasteiger partial charge is 0.476 e. The molecule has 0 atom stereocenters. The van der Waals surface area contributed by atoms with Gasteiger partial charge in [0.2, 0.25) is 16.5 Å². The summed E-state index contributed by atoms with van der Waals surface area (Å²) >= 11 is 20.8. The second kappa shape index (κ2) is 27.2. The molecule has 0 saturated carbocycles. The number of rotatable bonds is 13. The molecule has 0 aliphatic rings. The Labute approximate surface area is 448 Å². The van der Waals surface area contributed by atoms with Gasteiger partial charge in [0.25, 0.3) is 0 Å². The average molecular weight is 1170 g/mol. The summed E-state index contributed by atoms with van der Waals surface area (Å²) in [5.74, 6) is -2.48. The predicted octanol–water partition coefficient (Wildman–Crippen LogP) is 11.0. The smallest absolute Gasteiger partial charge is 0.360 e. The maximum Gasteiger partial charge on any atom is 0.360 e. The number of hydrogen-bond donors (Lipinski definition) is 5. The number of fused-ring (bicyclic) bond motifs is 3. The van der Waals surface area contributed by atoms with Crippen LogP contribution in [0.2, 0.25) is 8.67 Å². The van der Waals surface area contributed by atoms with Crippen LogP contribution in [-0.2, 0) is 28.9 Å². The number of anilines is 3. The minimum atomic E-state index is -1.28. The Bertz CT molecular complexity index is 3200. The molecule has 3 aromatic carbocycles. The molecule has 9 rings (SSSR count). The van der Waals surface area contributed by atoms with Crippen molar-refractivity contribution in [1.82, 2.24) is 29.9 Å². The number of nitrogens with two attached hydrogens (primary N) is 3. The highest BCUT2D eigenvalue weighted by Gasteiger charge is 2.25. The van der Waals surface area contributed by atoms with Gasteiger partial charge in [-0.15, -0.1) is 45.3 Å². The minimum absolute atomic E-state index is 0. The van der Waals surface area contributed by atoms with E-state index in [0.717, 1.165) is 75.7 Å². The van der Waals surface area contributed by atoms with Crippen LogP contribution in [0.4, 0.5) is 15.4 Å². The van der Waals surface area contributed by atoms with Gasteiger partial charge >= 0.3 is 11.9 Å². The summed E-state index contributed by atoms with van der Waals surface area (Å²) in [5.41, 5.74) is 19.1. The molecule has 0 fully saturated rings. The third kappa shape index (κ3) is 15.6. The van der Waals surface area contributed by atoms with Crippen molar-refractivity contribution in [2.75, 3.05) is 38.5 Å². The molecule has 8 N–H and O–H groups in total. The fraction of sp³-hybridized carbons (Fsp3) is 0.100. The van der Waals surface area contributed by atoms with E-state index >= 15 is 0 Å². The first kappa shape index (κ1) is 56.2. The van der Waals surface area contributed by atoms with Gasteiger partial charge in [-0.3, -0.25) is 4.79 Å². The van der Waals surface area contributed by atoms with Crippen molar-refractivity contribution in [1.29, 1.82) is 0 Å². The standard InChI is InChI=1S/C14H8N2S4.C13H9ClN4O2S3.C6H6ClN3O3S.C6H7N3O3S.CH4/c1-3-7-11-9(5-1)15-13(17-11)19-20-14-16-10-6-2-4-8-12(10)18-14;1-20-18-9(8-10(14)22-12(15)17-8)11(19)23-13-16-6-4-2-3-5-7(6)21-13;1-13-10-3(5(11)12)2-4(7)14-6(8)9-2;1-12-9-4(5(10)11)3-2-13-6(7)8-3;/h1-8H;2-5H,1H3,(H2,15,17);1H3,(H2,8,9)(H,11,12);2H,1H3,(H2,7,8)(H,10,11);1H4/b;18-9+;10-3+;9-4+;. The third-order valence-electron chi connectivity index (χ3n) is 7.75. The van der Waals surface area contributed by atoms with E-state index in [9.17, 15) is 14.4 Å². The van der Waals surface area contributed by atoms with Gasteiger partial charge in [-0.25, -0.2) is 39.5 Å². The van der Waals surface area contributed by atoms with Crippen LogP contribution < -0.4 is 17.2 Å². The third-order valence-corrected chi connectivity index (χ3v) is 17.6. The number of carbonyl (C=O) groups is 3. The van der Waals surface area contributed by atoms with Crippen LogP contribution in [0.15, 0.2) is 107 Å².